The Morgan fingerprint density at radius 1 is 1.36 bits per heavy atom. The fourth-order valence-corrected chi connectivity index (χ4v) is 3.03. The zero-order valence-corrected chi connectivity index (χ0v) is 14.2. The van der Waals surface area contributed by atoms with Crippen molar-refractivity contribution in [3.05, 3.63) is 47.5 Å². The highest BCUT2D eigenvalue weighted by Crippen LogP contribution is 2.30. The van der Waals surface area contributed by atoms with Crippen molar-refractivity contribution >= 4 is 11.8 Å². The summed E-state index contributed by atoms with van der Waals surface area (Å²) in [7, 11) is 1.48. The quantitative estimate of drug-likeness (QED) is 0.838. The molecule has 1 aliphatic rings. The summed E-state index contributed by atoms with van der Waals surface area (Å²) in [5.74, 6) is 0.937. The monoisotopic (exact) mass is 343 g/mol. The first-order valence-corrected chi connectivity index (χ1v) is 8.11. The first-order valence-electron chi connectivity index (χ1n) is 8.11. The van der Waals surface area contributed by atoms with Crippen LogP contribution in [0.4, 0.5) is 0 Å². The number of amides is 2. The van der Waals surface area contributed by atoms with Crippen molar-refractivity contribution in [1.82, 2.24) is 25.4 Å². The van der Waals surface area contributed by atoms with Crippen LogP contribution in [0.3, 0.4) is 0 Å². The third-order valence-corrected chi connectivity index (χ3v) is 4.17. The SMILES string of the molecule is COCC(=O)N1C[C@@H](NC(=O)c2ccccc2)C[C@H]1c1n[nH]c(C)n1. The molecule has 2 heterocycles. The van der Waals surface area contributed by atoms with E-state index in [0.717, 1.165) is 0 Å². The van der Waals surface area contributed by atoms with E-state index in [1.165, 1.54) is 7.11 Å². The minimum absolute atomic E-state index is 0.0146. The number of likely N-dealkylation sites (tertiary alicyclic amines) is 1. The molecule has 2 atom stereocenters. The van der Waals surface area contributed by atoms with Gasteiger partial charge in [-0.3, -0.25) is 14.7 Å². The number of carbonyl (C=O) groups excluding carboxylic acids is 2. The summed E-state index contributed by atoms with van der Waals surface area (Å²) in [6.45, 7) is 2.19. The molecule has 1 saturated heterocycles. The summed E-state index contributed by atoms with van der Waals surface area (Å²) < 4.78 is 4.96. The number of rotatable bonds is 5. The molecule has 2 aromatic rings. The molecular formula is C17H21N5O3. The molecule has 2 N–H and O–H groups in total. The lowest BCUT2D eigenvalue weighted by Crippen LogP contribution is -2.39. The molecule has 0 radical (unpaired) electrons. The lowest BCUT2D eigenvalue weighted by atomic mass is 10.1. The molecule has 132 valence electrons. The number of aromatic nitrogens is 3. The minimum Gasteiger partial charge on any atom is -0.375 e. The number of methoxy groups -OCH3 is 1. The summed E-state index contributed by atoms with van der Waals surface area (Å²) in [5, 5.41) is 9.97. The van der Waals surface area contributed by atoms with E-state index in [0.29, 0.717) is 30.2 Å². The molecule has 0 saturated carbocycles. The van der Waals surface area contributed by atoms with E-state index in [2.05, 4.69) is 20.5 Å². The van der Waals surface area contributed by atoms with Crippen molar-refractivity contribution in [3.63, 3.8) is 0 Å². The van der Waals surface area contributed by atoms with Gasteiger partial charge in [0.15, 0.2) is 5.82 Å². The van der Waals surface area contributed by atoms with Crippen molar-refractivity contribution < 1.29 is 14.3 Å². The molecule has 8 nitrogen and oxygen atoms in total. The molecule has 0 aliphatic carbocycles. The van der Waals surface area contributed by atoms with Gasteiger partial charge in [0.1, 0.15) is 12.4 Å². The molecule has 2 amide bonds. The Bertz CT molecular complexity index is 746. The van der Waals surface area contributed by atoms with Crippen LogP contribution in [-0.2, 0) is 9.53 Å². The van der Waals surface area contributed by atoms with Crippen molar-refractivity contribution in [1.29, 1.82) is 0 Å². The number of nitrogens with zero attached hydrogens (tertiary/aromatic N) is 3. The second-order valence-electron chi connectivity index (χ2n) is 6.05. The Balaban J connectivity index is 1.74. The van der Waals surface area contributed by atoms with E-state index in [9.17, 15) is 9.59 Å². The van der Waals surface area contributed by atoms with E-state index in [1.54, 1.807) is 24.0 Å². The lowest BCUT2D eigenvalue weighted by molar-refractivity contribution is -0.136. The highest BCUT2D eigenvalue weighted by Gasteiger charge is 2.38. The van der Waals surface area contributed by atoms with Gasteiger partial charge in [-0.05, 0) is 25.5 Å². The average Bonchev–Trinajstić information content (AvgIpc) is 3.22. The molecule has 25 heavy (non-hydrogen) atoms. The Hall–Kier alpha value is -2.74. The van der Waals surface area contributed by atoms with E-state index < -0.39 is 0 Å². The summed E-state index contributed by atoms with van der Waals surface area (Å²) >= 11 is 0. The summed E-state index contributed by atoms with van der Waals surface area (Å²) in [6, 6.07) is 8.56. The van der Waals surface area contributed by atoms with Crippen molar-refractivity contribution in [2.24, 2.45) is 0 Å². The molecule has 1 aliphatic heterocycles. The van der Waals surface area contributed by atoms with Crippen LogP contribution in [0.25, 0.3) is 0 Å². The van der Waals surface area contributed by atoms with Crippen LogP contribution in [0.15, 0.2) is 30.3 Å². The molecule has 0 bridgehead atoms. The maximum Gasteiger partial charge on any atom is 0.251 e. The number of aromatic amines is 1. The average molecular weight is 343 g/mol. The molecule has 1 aromatic heterocycles. The number of hydrogen-bond donors (Lipinski definition) is 2. The molecule has 0 spiro atoms. The lowest BCUT2D eigenvalue weighted by Gasteiger charge is -2.21. The minimum atomic E-state index is -0.284. The van der Waals surface area contributed by atoms with Crippen molar-refractivity contribution in [3.8, 4) is 0 Å². The number of carbonyl (C=O) groups is 2. The fraction of sp³-hybridized carbons (Fsp3) is 0.412. The smallest absolute Gasteiger partial charge is 0.251 e. The molecular weight excluding hydrogens is 322 g/mol. The van der Waals surface area contributed by atoms with Crippen LogP contribution in [0.1, 0.15) is 34.5 Å². The van der Waals surface area contributed by atoms with Gasteiger partial charge < -0.3 is 15.0 Å². The molecule has 0 unspecified atom stereocenters. The number of hydrogen-bond acceptors (Lipinski definition) is 5. The second kappa shape index (κ2) is 7.43. The van der Waals surface area contributed by atoms with Crippen LogP contribution in [-0.4, -0.2) is 58.2 Å². The molecule has 1 fully saturated rings. The number of nitrogens with one attached hydrogen (secondary N) is 2. The first kappa shape index (κ1) is 17.1. The number of H-pyrrole nitrogens is 1. The first-order chi connectivity index (χ1) is 12.1. The van der Waals surface area contributed by atoms with Crippen LogP contribution >= 0.6 is 0 Å². The zero-order chi connectivity index (χ0) is 17.8. The summed E-state index contributed by atoms with van der Waals surface area (Å²) in [6.07, 6.45) is 0.561. The highest BCUT2D eigenvalue weighted by atomic mass is 16.5. The largest absolute Gasteiger partial charge is 0.375 e. The van der Waals surface area contributed by atoms with Gasteiger partial charge in [0.25, 0.3) is 5.91 Å². The normalized spacial score (nSPS) is 19.8. The second-order valence-corrected chi connectivity index (χ2v) is 6.05. The Kier molecular flexibility index (Phi) is 5.08. The van der Waals surface area contributed by atoms with Gasteiger partial charge >= 0.3 is 0 Å². The zero-order valence-electron chi connectivity index (χ0n) is 14.2. The van der Waals surface area contributed by atoms with Gasteiger partial charge in [0, 0.05) is 25.3 Å². The Labute approximate surface area is 145 Å². The third kappa shape index (κ3) is 3.85. The van der Waals surface area contributed by atoms with Gasteiger partial charge in [0.05, 0.1) is 6.04 Å². The maximum atomic E-state index is 12.4. The van der Waals surface area contributed by atoms with Gasteiger partial charge in [-0.15, -0.1) is 0 Å². The number of ether oxygens (including phenoxy) is 1. The standard InChI is InChI=1S/C17H21N5O3/c1-11-18-16(21-20-11)14-8-13(9-22(14)15(23)10-25-2)19-17(24)12-6-4-3-5-7-12/h3-7,13-14H,8-10H2,1-2H3,(H,19,24)(H,18,20,21)/t13-,14-/m0/s1. The van der Waals surface area contributed by atoms with Gasteiger partial charge in [-0.2, -0.15) is 5.10 Å². The van der Waals surface area contributed by atoms with Crippen LogP contribution in [0.5, 0.6) is 0 Å². The molecule has 8 heteroatoms. The van der Waals surface area contributed by atoms with Crippen molar-refractivity contribution in [2.45, 2.75) is 25.4 Å². The van der Waals surface area contributed by atoms with E-state index in [-0.39, 0.29) is 30.5 Å². The Morgan fingerprint density at radius 2 is 2.12 bits per heavy atom. The topological polar surface area (TPSA) is 100 Å². The number of aryl methyl sites for hydroxylation is 1. The predicted molar refractivity (Wildman–Crippen MR) is 89.8 cm³/mol. The fourth-order valence-electron chi connectivity index (χ4n) is 3.03. The van der Waals surface area contributed by atoms with Gasteiger partial charge in [-0.25, -0.2) is 4.98 Å². The van der Waals surface area contributed by atoms with Gasteiger partial charge in [-0.1, -0.05) is 18.2 Å². The molecule has 1 aromatic carbocycles. The van der Waals surface area contributed by atoms with Crippen LogP contribution in [0.2, 0.25) is 0 Å². The number of benzene rings is 1. The third-order valence-electron chi connectivity index (χ3n) is 4.17. The molecule has 3 rings (SSSR count). The van der Waals surface area contributed by atoms with E-state index in [4.69, 9.17) is 4.74 Å². The maximum absolute atomic E-state index is 12.4. The highest BCUT2D eigenvalue weighted by molar-refractivity contribution is 5.94. The summed E-state index contributed by atoms with van der Waals surface area (Å²) in [4.78, 5) is 30.7. The van der Waals surface area contributed by atoms with Crippen LogP contribution in [0, 0.1) is 6.92 Å². The summed E-state index contributed by atoms with van der Waals surface area (Å²) in [5.41, 5.74) is 0.592. The Morgan fingerprint density at radius 3 is 2.76 bits per heavy atom. The van der Waals surface area contributed by atoms with E-state index >= 15 is 0 Å². The van der Waals surface area contributed by atoms with E-state index in [1.807, 2.05) is 18.2 Å². The van der Waals surface area contributed by atoms with Crippen molar-refractivity contribution in [2.75, 3.05) is 20.3 Å². The van der Waals surface area contributed by atoms with Gasteiger partial charge in [0.2, 0.25) is 5.91 Å². The predicted octanol–water partition coefficient (Wildman–Crippen LogP) is 0.832. The van der Waals surface area contributed by atoms with Crippen LogP contribution < -0.4 is 5.32 Å².